The number of amides is 1. The third-order valence-corrected chi connectivity index (χ3v) is 3.85. The number of carbonyl (C=O) groups excluding carboxylic acids is 1. The zero-order chi connectivity index (χ0) is 11.4. The van der Waals surface area contributed by atoms with Crippen molar-refractivity contribution in [1.29, 1.82) is 0 Å². The first-order valence-corrected chi connectivity index (χ1v) is 6.81. The predicted molar refractivity (Wildman–Crippen MR) is 63.7 cm³/mol. The molecule has 2 aliphatic rings. The summed E-state index contributed by atoms with van der Waals surface area (Å²) in [4.78, 5) is 13.8. The molecule has 92 valence electrons. The first-order valence-electron chi connectivity index (χ1n) is 6.28. The summed E-state index contributed by atoms with van der Waals surface area (Å²) in [6.07, 6.45) is 7.19. The molecular weight excluding hydrogens is 226 g/mol. The zero-order valence-corrected chi connectivity index (χ0v) is 10.4. The van der Waals surface area contributed by atoms with Gasteiger partial charge in [-0.15, -0.1) is 11.6 Å². The van der Waals surface area contributed by atoms with Gasteiger partial charge in [0.2, 0.25) is 5.91 Å². The number of ether oxygens (including phenoxy) is 1. The Morgan fingerprint density at radius 1 is 1.25 bits per heavy atom. The van der Waals surface area contributed by atoms with Crippen LogP contribution >= 0.6 is 11.6 Å². The van der Waals surface area contributed by atoms with Crippen LogP contribution in [0.3, 0.4) is 0 Å². The van der Waals surface area contributed by atoms with E-state index in [9.17, 15) is 4.79 Å². The Morgan fingerprint density at radius 3 is 2.56 bits per heavy atom. The summed E-state index contributed by atoms with van der Waals surface area (Å²) in [5, 5.41) is 0. The number of halogens is 1. The summed E-state index contributed by atoms with van der Waals surface area (Å²) in [5.74, 6) is 0.174. The van der Waals surface area contributed by atoms with Gasteiger partial charge in [-0.25, -0.2) is 0 Å². The van der Waals surface area contributed by atoms with E-state index >= 15 is 0 Å². The molecule has 0 bridgehead atoms. The summed E-state index contributed by atoms with van der Waals surface area (Å²) in [6.45, 7) is 1.59. The molecule has 2 rings (SSSR count). The van der Waals surface area contributed by atoms with Crippen LogP contribution in [0, 0.1) is 0 Å². The molecule has 1 saturated carbocycles. The van der Waals surface area contributed by atoms with Crippen LogP contribution < -0.4 is 0 Å². The van der Waals surface area contributed by atoms with E-state index in [1.165, 1.54) is 12.8 Å². The van der Waals surface area contributed by atoms with Crippen LogP contribution in [-0.2, 0) is 9.53 Å². The molecule has 0 aromatic rings. The second-order valence-corrected chi connectivity index (χ2v) is 5.02. The van der Waals surface area contributed by atoms with Gasteiger partial charge in [0.15, 0.2) is 0 Å². The number of hydrogen-bond donors (Lipinski definition) is 0. The molecular formula is C12H20ClNO2. The summed E-state index contributed by atoms with van der Waals surface area (Å²) in [5.41, 5.74) is 0. The Bertz CT molecular complexity index is 235. The number of nitrogens with zero attached hydrogens (tertiary/aromatic N) is 1. The largest absolute Gasteiger partial charge is 0.376 e. The fourth-order valence-electron chi connectivity index (χ4n) is 2.75. The summed E-state index contributed by atoms with van der Waals surface area (Å²) < 4.78 is 5.60. The van der Waals surface area contributed by atoms with E-state index in [1.54, 1.807) is 0 Å². The van der Waals surface area contributed by atoms with Crippen molar-refractivity contribution >= 4 is 17.5 Å². The first-order chi connectivity index (χ1) is 7.81. The molecule has 0 spiro atoms. The van der Waals surface area contributed by atoms with Gasteiger partial charge in [0, 0.05) is 19.2 Å². The molecule has 0 radical (unpaired) electrons. The zero-order valence-electron chi connectivity index (χ0n) is 9.66. The lowest BCUT2D eigenvalue weighted by molar-refractivity contribution is -0.132. The van der Waals surface area contributed by atoms with Crippen molar-refractivity contribution in [2.45, 2.75) is 50.7 Å². The number of alkyl halides is 1. The van der Waals surface area contributed by atoms with E-state index < -0.39 is 0 Å². The van der Waals surface area contributed by atoms with E-state index in [0.717, 1.165) is 38.8 Å². The average molecular weight is 246 g/mol. The van der Waals surface area contributed by atoms with E-state index in [0.29, 0.717) is 6.04 Å². The lowest BCUT2D eigenvalue weighted by Crippen LogP contribution is -2.44. The van der Waals surface area contributed by atoms with Crippen LogP contribution in [0.1, 0.15) is 38.5 Å². The maximum absolute atomic E-state index is 11.8. The third-order valence-electron chi connectivity index (χ3n) is 3.62. The molecule has 1 unspecified atom stereocenters. The number of hydrogen-bond acceptors (Lipinski definition) is 2. The van der Waals surface area contributed by atoms with Crippen LogP contribution in [0.2, 0.25) is 0 Å². The van der Waals surface area contributed by atoms with Crippen LogP contribution in [0.5, 0.6) is 0 Å². The topological polar surface area (TPSA) is 29.5 Å². The van der Waals surface area contributed by atoms with Gasteiger partial charge >= 0.3 is 0 Å². The molecule has 2 fully saturated rings. The van der Waals surface area contributed by atoms with Gasteiger partial charge in [-0.2, -0.15) is 0 Å². The number of carbonyl (C=O) groups is 1. The highest BCUT2D eigenvalue weighted by atomic mass is 35.5. The van der Waals surface area contributed by atoms with Crippen molar-refractivity contribution in [2.75, 3.05) is 19.0 Å². The average Bonchev–Trinajstić information content (AvgIpc) is 2.97. The summed E-state index contributed by atoms with van der Waals surface area (Å²) in [7, 11) is 0. The number of rotatable bonds is 4. The van der Waals surface area contributed by atoms with Gasteiger partial charge in [0.25, 0.3) is 0 Å². The van der Waals surface area contributed by atoms with Crippen molar-refractivity contribution in [3.05, 3.63) is 0 Å². The van der Waals surface area contributed by atoms with Crippen molar-refractivity contribution < 1.29 is 9.53 Å². The molecule has 3 nitrogen and oxygen atoms in total. The highest BCUT2D eigenvalue weighted by Crippen LogP contribution is 2.25. The van der Waals surface area contributed by atoms with Crippen molar-refractivity contribution in [1.82, 2.24) is 4.90 Å². The smallest absolute Gasteiger partial charge is 0.237 e. The SMILES string of the molecule is O=C(CCl)N(CC1CCCO1)C1CCCC1. The minimum absolute atomic E-state index is 0.0732. The van der Waals surface area contributed by atoms with E-state index in [-0.39, 0.29) is 17.9 Å². The standard InChI is InChI=1S/C12H20ClNO2/c13-8-12(15)14(10-4-1-2-5-10)9-11-6-3-7-16-11/h10-11H,1-9H2. The maximum atomic E-state index is 11.8. The minimum atomic E-state index is 0.0732. The molecule has 1 heterocycles. The predicted octanol–water partition coefficient (Wildman–Crippen LogP) is 2.18. The van der Waals surface area contributed by atoms with Gasteiger partial charge in [-0.1, -0.05) is 12.8 Å². The van der Waals surface area contributed by atoms with Crippen molar-refractivity contribution in [3.63, 3.8) is 0 Å². The molecule has 1 aliphatic heterocycles. The molecule has 0 N–H and O–H groups in total. The highest BCUT2D eigenvalue weighted by molar-refractivity contribution is 6.27. The Labute approximate surface area is 102 Å². The monoisotopic (exact) mass is 245 g/mol. The van der Waals surface area contributed by atoms with Gasteiger partial charge in [-0.05, 0) is 25.7 Å². The molecule has 4 heteroatoms. The molecule has 1 aliphatic carbocycles. The molecule has 0 aromatic heterocycles. The first kappa shape index (κ1) is 12.2. The maximum Gasteiger partial charge on any atom is 0.237 e. The van der Waals surface area contributed by atoms with Crippen molar-refractivity contribution in [3.8, 4) is 0 Å². The molecule has 1 saturated heterocycles. The minimum Gasteiger partial charge on any atom is -0.376 e. The van der Waals surface area contributed by atoms with E-state index in [2.05, 4.69) is 0 Å². The van der Waals surface area contributed by atoms with Crippen LogP contribution in [0.25, 0.3) is 0 Å². The van der Waals surface area contributed by atoms with Crippen LogP contribution in [-0.4, -0.2) is 42.0 Å². The fourth-order valence-corrected chi connectivity index (χ4v) is 2.91. The fraction of sp³-hybridized carbons (Fsp3) is 0.917. The quantitative estimate of drug-likeness (QED) is 0.711. The van der Waals surface area contributed by atoms with E-state index in [1.807, 2.05) is 4.90 Å². The Balaban J connectivity index is 1.92. The second kappa shape index (κ2) is 5.87. The van der Waals surface area contributed by atoms with E-state index in [4.69, 9.17) is 16.3 Å². The normalized spacial score (nSPS) is 26.2. The molecule has 1 atom stereocenters. The Morgan fingerprint density at radius 2 is 2.00 bits per heavy atom. The molecule has 0 aromatic carbocycles. The summed E-state index contributed by atoms with van der Waals surface area (Å²) in [6, 6.07) is 0.412. The van der Waals surface area contributed by atoms with Gasteiger partial charge in [-0.3, -0.25) is 4.79 Å². The lowest BCUT2D eigenvalue weighted by Gasteiger charge is -2.30. The van der Waals surface area contributed by atoms with Crippen molar-refractivity contribution in [2.24, 2.45) is 0 Å². The highest BCUT2D eigenvalue weighted by Gasteiger charge is 2.29. The summed E-state index contributed by atoms with van der Waals surface area (Å²) >= 11 is 5.68. The van der Waals surface area contributed by atoms with Gasteiger partial charge < -0.3 is 9.64 Å². The Hall–Kier alpha value is -0.280. The molecule has 16 heavy (non-hydrogen) atoms. The van der Waals surface area contributed by atoms with Crippen LogP contribution in [0.15, 0.2) is 0 Å². The van der Waals surface area contributed by atoms with Gasteiger partial charge in [0.1, 0.15) is 5.88 Å². The van der Waals surface area contributed by atoms with Gasteiger partial charge in [0.05, 0.1) is 6.10 Å². The lowest BCUT2D eigenvalue weighted by atomic mass is 10.1. The van der Waals surface area contributed by atoms with Crippen LogP contribution in [0.4, 0.5) is 0 Å². The Kier molecular flexibility index (Phi) is 4.47. The third kappa shape index (κ3) is 2.89. The second-order valence-electron chi connectivity index (χ2n) is 4.75. The molecule has 1 amide bonds.